The third-order valence-electron chi connectivity index (χ3n) is 5.77. The molecule has 0 unspecified atom stereocenters. The number of carbonyl (C=O) groups is 1. The van der Waals surface area contributed by atoms with Gasteiger partial charge < -0.3 is 14.4 Å². The van der Waals surface area contributed by atoms with Crippen LogP contribution in [-0.2, 0) is 24.3 Å². The van der Waals surface area contributed by atoms with Gasteiger partial charge in [0.05, 0.1) is 5.75 Å². The normalized spacial score (nSPS) is 13.3. The Morgan fingerprint density at radius 2 is 1.90 bits per heavy atom. The van der Waals surface area contributed by atoms with Crippen LogP contribution in [0.4, 0.5) is 5.69 Å². The second-order valence-electron chi connectivity index (χ2n) is 7.49. The lowest BCUT2D eigenvalue weighted by atomic mass is 10.1. The fourth-order valence-electron chi connectivity index (χ4n) is 3.98. The minimum atomic E-state index is 0.164. The van der Waals surface area contributed by atoms with Crippen molar-refractivity contribution in [3.63, 3.8) is 0 Å². The van der Waals surface area contributed by atoms with Gasteiger partial charge in [-0.05, 0) is 68.5 Å². The maximum Gasteiger partial charge on any atom is 0.233 e. The Labute approximate surface area is 192 Å². The number of anilines is 1. The van der Waals surface area contributed by atoms with Gasteiger partial charge in [0.2, 0.25) is 5.91 Å². The number of nitrogens with zero attached hydrogens (tertiary/aromatic N) is 5. The molecule has 1 aliphatic rings. The second-order valence-corrected chi connectivity index (χ2v) is 9.44. The average molecular weight is 456 g/mol. The third-order valence-corrected chi connectivity index (χ3v) is 7.75. The molecule has 8 heteroatoms. The Kier molecular flexibility index (Phi) is 6.97. The molecule has 31 heavy (non-hydrogen) atoms. The van der Waals surface area contributed by atoms with E-state index in [4.69, 9.17) is 0 Å². The van der Waals surface area contributed by atoms with Gasteiger partial charge in [-0.2, -0.15) is 0 Å². The van der Waals surface area contributed by atoms with E-state index in [9.17, 15) is 4.79 Å². The number of hydrogen-bond acceptors (Lipinski definition) is 6. The van der Waals surface area contributed by atoms with E-state index in [1.165, 1.54) is 27.9 Å². The SMILES string of the molecule is CCN(CC)c1ccc(-c2nnc(SCC(=O)N3CCc4sccc4C3)n2CC)cc1. The van der Waals surface area contributed by atoms with Crippen molar-refractivity contribution in [2.24, 2.45) is 0 Å². The summed E-state index contributed by atoms with van der Waals surface area (Å²) < 4.78 is 2.09. The maximum atomic E-state index is 12.8. The summed E-state index contributed by atoms with van der Waals surface area (Å²) in [6, 6.07) is 10.6. The van der Waals surface area contributed by atoms with Gasteiger partial charge in [0.1, 0.15) is 0 Å². The van der Waals surface area contributed by atoms with Gasteiger partial charge in [0.15, 0.2) is 11.0 Å². The average Bonchev–Trinajstić information content (AvgIpc) is 3.44. The second kappa shape index (κ2) is 9.87. The molecule has 0 spiro atoms. The lowest BCUT2D eigenvalue weighted by molar-refractivity contribution is -0.129. The van der Waals surface area contributed by atoms with E-state index < -0.39 is 0 Å². The number of benzene rings is 1. The first-order valence-electron chi connectivity index (χ1n) is 10.9. The number of carbonyl (C=O) groups excluding carboxylic acids is 1. The molecule has 3 aromatic rings. The molecule has 0 saturated carbocycles. The number of hydrogen-bond donors (Lipinski definition) is 0. The number of fused-ring (bicyclic) bond motifs is 1. The van der Waals surface area contributed by atoms with Gasteiger partial charge in [-0.3, -0.25) is 4.79 Å². The summed E-state index contributed by atoms with van der Waals surface area (Å²) in [6.45, 7) is 10.7. The van der Waals surface area contributed by atoms with Gasteiger partial charge in [0.25, 0.3) is 0 Å². The van der Waals surface area contributed by atoms with Crippen LogP contribution in [0.3, 0.4) is 0 Å². The molecule has 3 heterocycles. The van der Waals surface area contributed by atoms with Crippen LogP contribution in [0.5, 0.6) is 0 Å². The molecule has 164 valence electrons. The molecule has 0 fully saturated rings. The van der Waals surface area contributed by atoms with E-state index in [2.05, 4.69) is 76.1 Å². The van der Waals surface area contributed by atoms with Gasteiger partial charge in [0, 0.05) is 48.9 Å². The van der Waals surface area contributed by atoms with Gasteiger partial charge >= 0.3 is 0 Å². The summed E-state index contributed by atoms with van der Waals surface area (Å²) in [4.78, 5) is 18.5. The van der Waals surface area contributed by atoms with E-state index in [-0.39, 0.29) is 5.91 Å². The summed E-state index contributed by atoms with van der Waals surface area (Å²) in [6.07, 6.45) is 0.960. The van der Waals surface area contributed by atoms with Crippen molar-refractivity contribution in [1.82, 2.24) is 19.7 Å². The van der Waals surface area contributed by atoms with Crippen LogP contribution in [0.25, 0.3) is 11.4 Å². The molecule has 0 saturated heterocycles. The fourth-order valence-corrected chi connectivity index (χ4v) is 5.78. The maximum absolute atomic E-state index is 12.8. The molecule has 1 amide bonds. The number of aromatic nitrogens is 3. The predicted molar refractivity (Wildman–Crippen MR) is 129 cm³/mol. The zero-order valence-corrected chi connectivity index (χ0v) is 20.0. The lowest BCUT2D eigenvalue weighted by Gasteiger charge is -2.26. The Morgan fingerprint density at radius 3 is 2.61 bits per heavy atom. The summed E-state index contributed by atoms with van der Waals surface area (Å²) >= 11 is 3.27. The largest absolute Gasteiger partial charge is 0.372 e. The number of amides is 1. The molecular weight excluding hydrogens is 426 g/mol. The fraction of sp³-hybridized carbons (Fsp3) is 0.435. The molecule has 0 radical (unpaired) electrons. The monoisotopic (exact) mass is 455 g/mol. The molecular formula is C23H29N5OS2. The first kappa shape index (κ1) is 21.9. The Bertz CT molecular complexity index is 1020. The highest BCUT2D eigenvalue weighted by atomic mass is 32.2. The number of rotatable bonds is 8. The van der Waals surface area contributed by atoms with Crippen molar-refractivity contribution in [1.29, 1.82) is 0 Å². The van der Waals surface area contributed by atoms with Crippen molar-refractivity contribution in [3.05, 3.63) is 46.2 Å². The zero-order valence-electron chi connectivity index (χ0n) is 18.4. The Balaban J connectivity index is 1.43. The topological polar surface area (TPSA) is 54.3 Å². The molecule has 0 aliphatic carbocycles. The van der Waals surface area contributed by atoms with E-state index in [0.717, 1.165) is 55.7 Å². The van der Waals surface area contributed by atoms with E-state index in [1.54, 1.807) is 11.3 Å². The van der Waals surface area contributed by atoms with Crippen molar-refractivity contribution in [3.8, 4) is 11.4 Å². The van der Waals surface area contributed by atoms with Crippen LogP contribution in [0.1, 0.15) is 31.2 Å². The van der Waals surface area contributed by atoms with Crippen LogP contribution in [0, 0.1) is 0 Å². The van der Waals surface area contributed by atoms with Gasteiger partial charge in [-0.15, -0.1) is 21.5 Å². The number of thiophene rings is 1. The predicted octanol–water partition coefficient (Wildman–Crippen LogP) is 4.55. The first-order valence-corrected chi connectivity index (χ1v) is 12.8. The smallest absolute Gasteiger partial charge is 0.233 e. The highest BCUT2D eigenvalue weighted by Crippen LogP contribution is 2.28. The minimum Gasteiger partial charge on any atom is -0.372 e. The van der Waals surface area contributed by atoms with Crippen LogP contribution in [-0.4, -0.2) is 51.0 Å². The first-order chi connectivity index (χ1) is 15.1. The quantitative estimate of drug-likeness (QED) is 0.467. The van der Waals surface area contributed by atoms with Gasteiger partial charge in [-0.25, -0.2) is 0 Å². The van der Waals surface area contributed by atoms with E-state index in [1.807, 2.05) is 4.90 Å². The Hall–Kier alpha value is -2.32. The van der Waals surface area contributed by atoms with Crippen molar-refractivity contribution >= 4 is 34.7 Å². The summed E-state index contributed by atoms with van der Waals surface area (Å²) in [5.41, 5.74) is 3.55. The Morgan fingerprint density at radius 1 is 1.13 bits per heavy atom. The van der Waals surface area contributed by atoms with Crippen LogP contribution in [0.15, 0.2) is 40.9 Å². The van der Waals surface area contributed by atoms with Crippen LogP contribution in [0.2, 0.25) is 0 Å². The highest BCUT2D eigenvalue weighted by Gasteiger charge is 2.22. The summed E-state index contributed by atoms with van der Waals surface area (Å²) in [7, 11) is 0. The van der Waals surface area contributed by atoms with Gasteiger partial charge in [-0.1, -0.05) is 11.8 Å². The molecule has 0 atom stereocenters. The molecule has 6 nitrogen and oxygen atoms in total. The van der Waals surface area contributed by atoms with E-state index in [0.29, 0.717) is 5.75 Å². The minimum absolute atomic E-state index is 0.164. The summed E-state index contributed by atoms with van der Waals surface area (Å²) in [5, 5.41) is 11.8. The standard InChI is InChI=1S/C23H29N5OS2/c1-4-26(5-2)19-9-7-17(8-10-19)22-24-25-23(28(22)6-3)31-16-21(29)27-13-11-20-18(15-27)12-14-30-20/h7-10,12,14H,4-6,11,13,15-16H2,1-3H3. The molecule has 0 bridgehead atoms. The zero-order chi connectivity index (χ0) is 21.8. The van der Waals surface area contributed by atoms with E-state index >= 15 is 0 Å². The summed E-state index contributed by atoms with van der Waals surface area (Å²) in [5.74, 6) is 1.40. The lowest BCUT2D eigenvalue weighted by Crippen LogP contribution is -2.36. The van der Waals surface area contributed by atoms with Crippen LogP contribution >= 0.6 is 23.1 Å². The van der Waals surface area contributed by atoms with Crippen molar-refractivity contribution in [2.45, 2.75) is 45.4 Å². The number of thioether (sulfide) groups is 1. The molecule has 0 N–H and O–H groups in total. The molecule has 2 aromatic heterocycles. The van der Waals surface area contributed by atoms with Crippen molar-refractivity contribution < 1.29 is 4.79 Å². The molecule has 1 aliphatic heterocycles. The molecule has 4 rings (SSSR count). The van der Waals surface area contributed by atoms with Crippen LogP contribution < -0.4 is 4.90 Å². The third kappa shape index (κ3) is 4.65. The van der Waals surface area contributed by atoms with Crippen molar-refractivity contribution in [2.75, 3.05) is 30.3 Å². The highest BCUT2D eigenvalue weighted by molar-refractivity contribution is 7.99. The molecule has 1 aromatic carbocycles.